The highest BCUT2D eigenvalue weighted by Gasteiger charge is 2.11. The maximum Gasteiger partial charge on any atom is 0.191 e. The zero-order valence-electron chi connectivity index (χ0n) is 16.5. The van der Waals surface area contributed by atoms with Gasteiger partial charge in [0.1, 0.15) is 0 Å². The Morgan fingerprint density at radius 1 is 1.00 bits per heavy atom. The largest absolute Gasteiger partial charge is 0.370 e. The molecule has 0 amide bonds. The lowest BCUT2D eigenvalue weighted by atomic mass is 10.1. The molecule has 2 heterocycles. The van der Waals surface area contributed by atoms with Gasteiger partial charge in [-0.05, 0) is 43.6 Å². The second-order valence-corrected chi connectivity index (χ2v) is 8.25. The molecule has 7 heteroatoms. The van der Waals surface area contributed by atoms with Gasteiger partial charge >= 0.3 is 0 Å². The van der Waals surface area contributed by atoms with Crippen LogP contribution in [0.15, 0.2) is 29.3 Å². The molecular formula is C20H34IN5S. The number of rotatable bonds is 6. The Morgan fingerprint density at radius 3 is 2.37 bits per heavy atom. The fourth-order valence-corrected chi connectivity index (χ4v) is 4.47. The molecule has 1 aromatic rings. The molecule has 2 fully saturated rings. The Labute approximate surface area is 185 Å². The molecule has 0 aliphatic carbocycles. The van der Waals surface area contributed by atoms with Crippen LogP contribution in [0.3, 0.4) is 0 Å². The zero-order valence-corrected chi connectivity index (χ0v) is 19.6. The van der Waals surface area contributed by atoms with Crippen molar-refractivity contribution in [3.63, 3.8) is 0 Å². The van der Waals surface area contributed by atoms with E-state index < -0.39 is 0 Å². The quantitative estimate of drug-likeness (QED) is 0.355. The van der Waals surface area contributed by atoms with Crippen LogP contribution in [0.2, 0.25) is 0 Å². The highest BCUT2D eigenvalue weighted by Crippen LogP contribution is 2.19. The normalized spacial score (nSPS) is 18.7. The number of likely N-dealkylation sites (tertiary alicyclic amines) is 1. The predicted octanol–water partition coefficient (Wildman–Crippen LogP) is 3.01. The van der Waals surface area contributed by atoms with Crippen molar-refractivity contribution in [2.24, 2.45) is 4.99 Å². The predicted molar refractivity (Wildman–Crippen MR) is 130 cm³/mol. The van der Waals surface area contributed by atoms with Gasteiger partial charge in [0.15, 0.2) is 5.96 Å². The number of nitrogens with one attached hydrogen (secondary N) is 2. The molecule has 1 aromatic carbocycles. The van der Waals surface area contributed by atoms with Crippen LogP contribution >= 0.6 is 35.7 Å². The number of benzene rings is 1. The van der Waals surface area contributed by atoms with Gasteiger partial charge in [0, 0.05) is 57.0 Å². The Morgan fingerprint density at radius 2 is 1.70 bits per heavy atom. The first kappa shape index (κ1) is 22.6. The molecule has 2 aliphatic heterocycles. The molecular weight excluding hydrogens is 469 g/mol. The summed E-state index contributed by atoms with van der Waals surface area (Å²) in [6.45, 7) is 7.67. The molecule has 0 atom stereocenters. The van der Waals surface area contributed by atoms with Crippen molar-refractivity contribution in [3.05, 3.63) is 29.8 Å². The Bertz CT molecular complexity index is 554. The van der Waals surface area contributed by atoms with Crippen LogP contribution in [0.5, 0.6) is 0 Å². The number of aliphatic imine (C=N–C) groups is 1. The van der Waals surface area contributed by atoms with Crippen molar-refractivity contribution in [1.29, 1.82) is 0 Å². The molecule has 3 rings (SSSR count). The molecule has 0 radical (unpaired) electrons. The van der Waals surface area contributed by atoms with Crippen LogP contribution in [0.1, 0.15) is 24.8 Å². The van der Waals surface area contributed by atoms with Crippen LogP contribution in [0.4, 0.5) is 5.69 Å². The maximum atomic E-state index is 4.34. The SMILES string of the molecule is CN=C(NCCN1CCCCC1)NCc1ccc(N2CCSCC2)cc1.I. The highest BCUT2D eigenvalue weighted by molar-refractivity contribution is 14.0. The summed E-state index contributed by atoms with van der Waals surface area (Å²) in [5, 5.41) is 6.86. The van der Waals surface area contributed by atoms with Gasteiger partial charge in [0.25, 0.3) is 0 Å². The minimum atomic E-state index is 0. The molecule has 2 aliphatic rings. The van der Waals surface area contributed by atoms with Crippen LogP contribution in [0.25, 0.3) is 0 Å². The average molecular weight is 503 g/mol. The van der Waals surface area contributed by atoms with Gasteiger partial charge in [-0.2, -0.15) is 11.8 Å². The molecule has 27 heavy (non-hydrogen) atoms. The van der Waals surface area contributed by atoms with Crippen LogP contribution in [-0.2, 0) is 6.54 Å². The summed E-state index contributed by atoms with van der Waals surface area (Å²) in [6, 6.07) is 8.95. The number of hydrogen-bond acceptors (Lipinski definition) is 4. The molecule has 0 saturated carbocycles. The van der Waals surface area contributed by atoms with Crippen LogP contribution in [-0.4, -0.2) is 68.7 Å². The number of nitrogens with zero attached hydrogens (tertiary/aromatic N) is 3. The molecule has 2 N–H and O–H groups in total. The van der Waals surface area contributed by atoms with E-state index in [1.54, 1.807) is 0 Å². The third-order valence-corrected chi connectivity index (χ3v) is 6.11. The Hall–Kier alpha value is -0.670. The van der Waals surface area contributed by atoms with E-state index in [9.17, 15) is 0 Å². The van der Waals surface area contributed by atoms with E-state index in [1.165, 1.54) is 55.1 Å². The van der Waals surface area contributed by atoms with E-state index in [4.69, 9.17) is 0 Å². The summed E-state index contributed by atoms with van der Waals surface area (Å²) >= 11 is 2.05. The zero-order chi connectivity index (χ0) is 18.0. The minimum absolute atomic E-state index is 0. The summed E-state index contributed by atoms with van der Waals surface area (Å²) < 4.78 is 0. The lowest BCUT2D eigenvalue weighted by molar-refractivity contribution is 0.232. The van der Waals surface area contributed by atoms with Gasteiger partial charge in [-0.1, -0.05) is 18.6 Å². The standard InChI is InChI=1S/C20H33N5S.HI/c1-21-20(22-9-12-24-10-3-2-4-11-24)23-17-18-5-7-19(8-6-18)25-13-15-26-16-14-25;/h5-8H,2-4,9-17H2,1H3,(H2,21,22,23);1H. The van der Waals surface area contributed by atoms with Gasteiger partial charge in [0.05, 0.1) is 0 Å². The van der Waals surface area contributed by atoms with E-state index in [2.05, 4.69) is 61.5 Å². The third kappa shape index (κ3) is 7.69. The molecule has 152 valence electrons. The number of halogens is 1. The van der Waals surface area contributed by atoms with Gasteiger partial charge in [0.2, 0.25) is 0 Å². The first-order valence-electron chi connectivity index (χ1n) is 9.93. The molecule has 0 spiro atoms. The van der Waals surface area contributed by atoms with Crippen molar-refractivity contribution in [2.45, 2.75) is 25.8 Å². The van der Waals surface area contributed by atoms with E-state index in [0.717, 1.165) is 38.7 Å². The summed E-state index contributed by atoms with van der Waals surface area (Å²) in [4.78, 5) is 9.37. The van der Waals surface area contributed by atoms with Gasteiger partial charge in [-0.25, -0.2) is 0 Å². The van der Waals surface area contributed by atoms with E-state index in [0.29, 0.717) is 0 Å². The minimum Gasteiger partial charge on any atom is -0.370 e. The van der Waals surface area contributed by atoms with Crippen molar-refractivity contribution >= 4 is 47.4 Å². The molecule has 0 unspecified atom stereocenters. The van der Waals surface area contributed by atoms with Crippen molar-refractivity contribution < 1.29 is 0 Å². The Kier molecular flexibility index (Phi) is 10.7. The van der Waals surface area contributed by atoms with Crippen molar-refractivity contribution in [3.8, 4) is 0 Å². The summed E-state index contributed by atoms with van der Waals surface area (Å²) in [5.41, 5.74) is 2.64. The lowest BCUT2D eigenvalue weighted by Crippen LogP contribution is -2.42. The fourth-order valence-electron chi connectivity index (χ4n) is 3.57. The number of guanidine groups is 1. The summed E-state index contributed by atoms with van der Waals surface area (Å²) in [7, 11) is 1.84. The molecule has 5 nitrogen and oxygen atoms in total. The second-order valence-electron chi connectivity index (χ2n) is 7.02. The average Bonchev–Trinajstić information content (AvgIpc) is 2.72. The number of anilines is 1. The highest BCUT2D eigenvalue weighted by atomic mass is 127. The van der Waals surface area contributed by atoms with Crippen LogP contribution in [0, 0.1) is 0 Å². The fraction of sp³-hybridized carbons (Fsp3) is 0.650. The number of piperidine rings is 1. The van der Waals surface area contributed by atoms with Crippen molar-refractivity contribution in [1.82, 2.24) is 15.5 Å². The smallest absolute Gasteiger partial charge is 0.191 e. The van der Waals surface area contributed by atoms with Crippen molar-refractivity contribution in [2.75, 3.05) is 62.7 Å². The third-order valence-electron chi connectivity index (χ3n) is 5.17. The summed E-state index contributed by atoms with van der Waals surface area (Å²) in [6.07, 6.45) is 4.08. The number of hydrogen-bond donors (Lipinski definition) is 2. The second kappa shape index (κ2) is 12.7. The van der Waals surface area contributed by atoms with Crippen LogP contribution < -0.4 is 15.5 Å². The molecule has 0 bridgehead atoms. The monoisotopic (exact) mass is 503 g/mol. The van der Waals surface area contributed by atoms with Gasteiger partial charge in [-0.3, -0.25) is 4.99 Å². The van der Waals surface area contributed by atoms with E-state index in [1.807, 2.05) is 7.05 Å². The number of thioether (sulfide) groups is 1. The maximum absolute atomic E-state index is 4.34. The first-order valence-corrected chi connectivity index (χ1v) is 11.1. The topological polar surface area (TPSA) is 42.9 Å². The Balaban J connectivity index is 0.00000261. The first-order chi connectivity index (χ1) is 12.8. The van der Waals surface area contributed by atoms with E-state index in [-0.39, 0.29) is 24.0 Å². The summed E-state index contributed by atoms with van der Waals surface area (Å²) in [5.74, 6) is 3.37. The molecule has 0 aromatic heterocycles. The van der Waals surface area contributed by atoms with Gasteiger partial charge < -0.3 is 20.4 Å². The lowest BCUT2D eigenvalue weighted by Gasteiger charge is -2.28. The van der Waals surface area contributed by atoms with Gasteiger partial charge in [-0.15, -0.1) is 24.0 Å². The van der Waals surface area contributed by atoms with E-state index >= 15 is 0 Å². The molecule has 2 saturated heterocycles.